The Morgan fingerprint density at radius 1 is 0.465 bits per heavy atom. The highest BCUT2D eigenvalue weighted by atomic mass is 32.1. The first kappa shape index (κ1) is 24.2. The Hall–Kier alpha value is -5.38. The maximum atomic E-state index is 5.14. The number of rotatable bonds is 3. The molecule has 43 heavy (non-hydrogen) atoms. The molecule has 3 aromatic heterocycles. The van der Waals surface area contributed by atoms with Gasteiger partial charge in [-0.3, -0.25) is 4.98 Å². The zero-order valence-electron chi connectivity index (χ0n) is 23.2. The van der Waals surface area contributed by atoms with Gasteiger partial charge in [-0.25, -0.2) is 4.98 Å². The fourth-order valence-corrected chi connectivity index (χ4v) is 7.60. The molecule has 2 nitrogen and oxygen atoms in total. The van der Waals surface area contributed by atoms with Gasteiger partial charge in [-0.1, -0.05) is 109 Å². The second kappa shape index (κ2) is 9.59. The molecule has 0 radical (unpaired) electrons. The largest absolute Gasteiger partial charge is 0.256 e. The van der Waals surface area contributed by atoms with Gasteiger partial charge in [-0.05, 0) is 46.8 Å². The van der Waals surface area contributed by atoms with Crippen LogP contribution in [-0.2, 0) is 0 Å². The lowest BCUT2D eigenvalue weighted by molar-refractivity contribution is 1.36. The van der Waals surface area contributed by atoms with Crippen LogP contribution in [-0.4, -0.2) is 9.97 Å². The molecule has 3 heteroatoms. The van der Waals surface area contributed by atoms with Crippen molar-refractivity contribution < 1.29 is 0 Å². The van der Waals surface area contributed by atoms with Gasteiger partial charge in [0.25, 0.3) is 0 Å². The number of aromatic nitrogens is 2. The van der Waals surface area contributed by atoms with Crippen LogP contribution in [0.25, 0.3) is 86.3 Å². The summed E-state index contributed by atoms with van der Waals surface area (Å²) in [5.74, 6) is 0. The van der Waals surface area contributed by atoms with Crippen molar-refractivity contribution >= 4 is 64.0 Å². The molecule has 0 aliphatic carbocycles. The molecule has 3 heterocycles. The summed E-state index contributed by atoms with van der Waals surface area (Å²) in [6, 6.07) is 49.8. The average molecular weight is 565 g/mol. The number of para-hydroxylation sites is 1. The molecule has 9 aromatic rings. The van der Waals surface area contributed by atoms with Crippen molar-refractivity contribution in [2.75, 3.05) is 0 Å². The van der Waals surface area contributed by atoms with E-state index in [1.165, 1.54) is 52.8 Å². The second-order valence-corrected chi connectivity index (χ2v) is 12.1. The molecular weight excluding hydrogens is 541 g/mol. The predicted molar refractivity (Wildman–Crippen MR) is 184 cm³/mol. The monoisotopic (exact) mass is 564 g/mol. The molecule has 0 atom stereocenters. The van der Waals surface area contributed by atoms with Crippen molar-refractivity contribution in [1.82, 2.24) is 9.97 Å². The van der Waals surface area contributed by atoms with E-state index in [9.17, 15) is 0 Å². The van der Waals surface area contributed by atoms with Gasteiger partial charge in [0.1, 0.15) is 0 Å². The Bertz CT molecular complexity index is 2500. The molecule has 0 fully saturated rings. The van der Waals surface area contributed by atoms with Crippen LogP contribution in [0.5, 0.6) is 0 Å². The first-order valence-electron chi connectivity index (χ1n) is 14.5. The minimum absolute atomic E-state index is 0.998. The summed E-state index contributed by atoms with van der Waals surface area (Å²) in [4.78, 5) is 9.91. The summed E-state index contributed by atoms with van der Waals surface area (Å²) in [5.41, 5.74) is 7.75. The van der Waals surface area contributed by atoms with E-state index >= 15 is 0 Å². The third kappa shape index (κ3) is 3.93. The zero-order valence-corrected chi connectivity index (χ0v) is 24.0. The van der Waals surface area contributed by atoms with Crippen molar-refractivity contribution in [3.05, 3.63) is 146 Å². The first-order valence-corrected chi connectivity index (χ1v) is 15.3. The van der Waals surface area contributed by atoms with E-state index in [0.29, 0.717) is 0 Å². The van der Waals surface area contributed by atoms with Gasteiger partial charge < -0.3 is 0 Å². The quantitative estimate of drug-likeness (QED) is 0.199. The van der Waals surface area contributed by atoms with Crippen molar-refractivity contribution in [2.24, 2.45) is 0 Å². The minimum atomic E-state index is 0.998. The number of nitrogens with zero attached hydrogens (tertiary/aromatic N) is 2. The average Bonchev–Trinajstić information content (AvgIpc) is 3.46. The normalized spacial score (nSPS) is 11.7. The predicted octanol–water partition coefficient (Wildman–Crippen LogP) is 11.3. The Balaban J connectivity index is 1.22. The van der Waals surface area contributed by atoms with Gasteiger partial charge in [0.2, 0.25) is 0 Å². The number of thiophene rings is 1. The molecular formula is C40H24N2S. The fraction of sp³-hybridized carbons (Fsp3) is 0. The molecule has 6 aromatic carbocycles. The van der Waals surface area contributed by atoms with E-state index in [4.69, 9.17) is 9.97 Å². The Morgan fingerprint density at radius 3 is 2.05 bits per heavy atom. The molecule has 0 bridgehead atoms. The maximum absolute atomic E-state index is 5.14. The van der Waals surface area contributed by atoms with Crippen LogP contribution in [0.3, 0.4) is 0 Å². The van der Waals surface area contributed by atoms with E-state index in [-0.39, 0.29) is 0 Å². The summed E-state index contributed by atoms with van der Waals surface area (Å²) in [5, 5.41) is 8.61. The van der Waals surface area contributed by atoms with E-state index < -0.39 is 0 Å². The zero-order chi connectivity index (χ0) is 28.3. The van der Waals surface area contributed by atoms with Gasteiger partial charge >= 0.3 is 0 Å². The second-order valence-electron chi connectivity index (χ2n) is 11.0. The smallest absolute Gasteiger partial charge is 0.0788 e. The van der Waals surface area contributed by atoms with Crippen LogP contribution in [0.4, 0.5) is 0 Å². The van der Waals surface area contributed by atoms with Crippen molar-refractivity contribution in [1.29, 1.82) is 0 Å². The molecule has 200 valence electrons. The van der Waals surface area contributed by atoms with Crippen molar-refractivity contribution in [2.45, 2.75) is 0 Å². The highest BCUT2D eigenvalue weighted by Crippen LogP contribution is 2.44. The van der Waals surface area contributed by atoms with Gasteiger partial charge in [0, 0.05) is 59.0 Å². The van der Waals surface area contributed by atoms with Crippen molar-refractivity contribution in [3.63, 3.8) is 0 Å². The molecule has 0 amide bonds. The lowest BCUT2D eigenvalue weighted by Gasteiger charge is -2.11. The highest BCUT2D eigenvalue weighted by molar-refractivity contribution is 7.26. The van der Waals surface area contributed by atoms with Crippen LogP contribution >= 0.6 is 11.3 Å². The molecule has 0 aliphatic heterocycles. The topological polar surface area (TPSA) is 25.8 Å². The first-order chi connectivity index (χ1) is 21.3. The molecule has 0 saturated heterocycles. The highest BCUT2D eigenvalue weighted by Gasteiger charge is 2.16. The van der Waals surface area contributed by atoms with E-state index in [1.54, 1.807) is 0 Å². The Kier molecular flexibility index (Phi) is 5.40. The number of pyridine rings is 2. The summed E-state index contributed by atoms with van der Waals surface area (Å²) < 4.78 is 2.61. The maximum Gasteiger partial charge on any atom is 0.0788 e. The van der Waals surface area contributed by atoms with Gasteiger partial charge in [-0.15, -0.1) is 11.3 Å². The van der Waals surface area contributed by atoms with Crippen LogP contribution in [0, 0.1) is 0 Å². The molecule has 0 spiro atoms. The Labute approximate surface area is 252 Å². The fourth-order valence-electron chi connectivity index (χ4n) is 6.35. The molecule has 0 aliphatic rings. The summed E-state index contributed by atoms with van der Waals surface area (Å²) in [6.45, 7) is 0. The lowest BCUT2D eigenvalue weighted by Crippen LogP contribution is -1.89. The summed E-state index contributed by atoms with van der Waals surface area (Å²) >= 11 is 1.88. The van der Waals surface area contributed by atoms with E-state index in [0.717, 1.165) is 33.4 Å². The SMILES string of the molecule is c1ccc(-c2cc3ccc(-c4ccc5sc6c(ccc7c(-c8ccccc8)nc8ccccc8c76)c5c4)cc3cn2)cc1. The van der Waals surface area contributed by atoms with Crippen molar-refractivity contribution in [3.8, 4) is 33.6 Å². The van der Waals surface area contributed by atoms with E-state index in [1.807, 2.05) is 23.6 Å². The van der Waals surface area contributed by atoms with Gasteiger partial charge in [-0.2, -0.15) is 0 Å². The third-order valence-corrected chi connectivity index (χ3v) is 9.68. The molecule has 0 unspecified atom stereocenters. The number of benzene rings is 6. The van der Waals surface area contributed by atoms with E-state index in [2.05, 4.69) is 133 Å². The summed E-state index contributed by atoms with van der Waals surface area (Å²) in [7, 11) is 0. The third-order valence-electron chi connectivity index (χ3n) is 8.47. The molecule has 0 saturated carbocycles. The standard InChI is InChI=1S/C40H24N2S/c1-3-9-25(10-4-1)36-23-29-16-15-27(21-30(29)24-41-36)28-17-20-37-34(22-28)31-18-19-33-38(40(31)43-37)32-13-7-8-14-35(32)42-39(33)26-11-5-2-6-12-26/h1-24H. The Morgan fingerprint density at radius 2 is 1.19 bits per heavy atom. The van der Waals surface area contributed by atoms with Gasteiger partial charge in [0.05, 0.1) is 16.9 Å². The number of hydrogen-bond donors (Lipinski definition) is 0. The summed E-state index contributed by atoms with van der Waals surface area (Å²) in [6.07, 6.45) is 2.00. The minimum Gasteiger partial charge on any atom is -0.256 e. The van der Waals surface area contributed by atoms with Gasteiger partial charge in [0.15, 0.2) is 0 Å². The van der Waals surface area contributed by atoms with Crippen LogP contribution in [0.15, 0.2) is 146 Å². The number of fused-ring (bicyclic) bond motifs is 8. The van der Waals surface area contributed by atoms with Crippen LogP contribution in [0.1, 0.15) is 0 Å². The molecule has 0 N–H and O–H groups in total. The van der Waals surface area contributed by atoms with Crippen LogP contribution in [0.2, 0.25) is 0 Å². The van der Waals surface area contributed by atoms with Crippen LogP contribution < -0.4 is 0 Å². The molecule has 9 rings (SSSR count). The lowest BCUT2D eigenvalue weighted by atomic mass is 9.97. The number of hydrogen-bond acceptors (Lipinski definition) is 3.